The van der Waals surface area contributed by atoms with Crippen molar-refractivity contribution in [3.05, 3.63) is 35.9 Å². The summed E-state index contributed by atoms with van der Waals surface area (Å²) < 4.78 is 13.4. The van der Waals surface area contributed by atoms with Crippen LogP contribution in [0.1, 0.15) is 39.9 Å². The largest absolute Gasteiger partial charge is 0.394 e. The van der Waals surface area contributed by atoms with Crippen molar-refractivity contribution in [3.8, 4) is 0 Å². The first-order valence-corrected chi connectivity index (χ1v) is 14.8. The van der Waals surface area contributed by atoms with Crippen molar-refractivity contribution >= 4 is 29.6 Å². The molecule has 19 heteroatoms. The molecular formula is C28H42N6O13. The van der Waals surface area contributed by atoms with Crippen LogP contribution in [0.15, 0.2) is 24.5 Å². The summed E-state index contributed by atoms with van der Waals surface area (Å²) in [7, 11) is 3.74. The van der Waals surface area contributed by atoms with Crippen molar-refractivity contribution in [2.24, 2.45) is 0 Å². The van der Waals surface area contributed by atoms with Crippen LogP contribution in [-0.2, 0) is 14.3 Å². The molecule has 0 aliphatic carbocycles. The van der Waals surface area contributed by atoms with Crippen molar-refractivity contribution in [2.45, 2.75) is 67.7 Å². The number of aliphatic hydroxyl groups is 8. The number of nitrogens with zero attached hydrogens (tertiary/aromatic N) is 3. The minimum atomic E-state index is -1.77. The molecule has 4 rings (SSSR count). The van der Waals surface area contributed by atoms with E-state index in [1.54, 1.807) is 0 Å². The second kappa shape index (κ2) is 15.6. The van der Waals surface area contributed by atoms with Gasteiger partial charge in [0.25, 0.3) is 11.8 Å². The van der Waals surface area contributed by atoms with Gasteiger partial charge in [0.05, 0.1) is 24.6 Å². The zero-order valence-corrected chi connectivity index (χ0v) is 25.7. The van der Waals surface area contributed by atoms with Gasteiger partial charge in [-0.3, -0.25) is 14.4 Å². The summed E-state index contributed by atoms with van der Waals surface area (Å²) >= 11 is 0. The molecule has 2 saturated heterocycles. The highest BCUT2D eigenvalue weighted by Crippen LogP contribution is 2.34. The molecule has 10 atom stereocenters. The third kappa shape index (κ3) is 7.82. The molecule has 0 spiro atoms. The summed E-state index contributed by atoms with van der Waals surface area (Å²) in [6.45, 7) is -0.512. The topological polar surface area (TPSA) is 281 Å². The van der Waals surface area contributed by atoms with E-state index in [1.807, 2.05) is 19.0 Å². The van der Waals surface area contributed by atoms with E-state index in [2.05, 4.69) is 16.0 Å². The minimum Gasteiger partial charge on any atom is -0.394 e. The number of carbonyl (C=O) groups is 3. The third-order valence-electron chi connectivity index (χ3n) is 8.00. The summed E-state index contributed by atoms with van der Waals surface area (Å²) in [5.74, 6) is -1.51. The lowest BCUT2D eigenvalue weighted by molar-refractivity contribution is -0.251. The fourth-order valence-electron chi connectivity index (χ4n) is 5.47. The molecule has 2 aromatic heterocycles. The second-order valence-electron chi connectivity index (χ2n) is 11.6. The fourth-order valence-corrected chi connectivity index (χ4v) is 5.47. The van der Waals surface area contributed by atoms with Crippen LogP contribution in [-0.4, -0.2) is 162 Å². The molecule has 3 amide bonds. The average molecular weight is 671 g/mol. The van der Waals surface area contributed by atoms with Gasteiger partial charge in [-0.2, -0.15) is 0 Å². The van der Waals surface area contributed by atoms with Gasteiger partial charge < -0.3 is 80.3 Å². The maximum Gasteiger partial charge on any atom is 0.272 e. The number of ether oxygens (including phenoxy) is 2. The molecule has 11 N–H and O–H groups in total. The molecule has 2 fully saturated rings. The van der Waals surface area contributed by atoms with E-state index in [0.29, 0.717) is 19.4 Å². The van der Waals surface area contributed by atoms with Crippen LogP contribution < -0.4 is 16.0 Å². The summed E-state index contributed by atoms with van der Waals surface area (Å²) in [6.07, 6.45) is -12.6. The zero-order valence-electron chi connectivity index (χ0n) is 25.7. The number of amides is 3. The van der Waals surface area contributed by atoms with Crippen LogP contribution in [0.2, 0.25) is 0 Å². The van der Waals surface area contributed by atoms with Gasteiger partial charge in [-0.1, -0.05) is 0 Å². The first-order chi connectivity index (χ1) is 22.3. The summed E-state index contributed by atoms with van der Waals surface area (Å²) in [5, 5.41) is 89.5. The van der Waals surface area contributed by atoms with Crippen LogP contribution in [0, 0.1) is 0 Å². The summed E-state index contributed by atoms with van der Waals surface area (Å²) in [5.41, 5.74) is -0.285. The Balaban J connectivity index is 1.67. The van der Waals surface area contributed by atoms with Crippen LogP contribution in [0.3, 0.4) is 0 Å². The maximum absolute atomic E-state index is 13.7. The van der Waals surface area contributed by atoms with Gasteiger partial charge in [-0.05, 0) is 39.2 Å². The van der Waals surface area contributed by atoms with Crippen molar-refractivity contribution < 1.29 is 64.7 Å². The molecule has 0 saturated carbocycles. The normalized spacial score (nSPS) is 31.0. The Morgan fingerprint density at radius 3 is 1.77 bits per heavy atom. The zero-order chi connectivity index (χ0) is 34.6. The summed E-state index contributed by atoms with van der Waals surface area (Å²) in [4.78, 5) is 40.0. The molecule has 47 heavy (non-hydrogen) atoms. The van der Waals surface area contributed by atoms with Gasteiger partial charge in [0.1, 0.15) is 60.2 Å². The van der Waals surface area contributed by atoms with E-state index >= 15 is 0 Å². The molecular weight excluding hydrogens is 628 g/mol. The fraction of sp³-hybridized carbons (Fsp3) is 0.607. The lowest BCUT2D eigenvalue weighted by Gasteiger charge is -2.41. The number of aromatic nitrogens is 2. The number of carbonyl (C=O) groups excluding carboxylic acids is 3. The average Bonchev–Trinajstić information content (AvgIpc) is 3.66. The molecule has 0 aromatic carbocycles. The molecule has 2 aliphatic rings. The standard InChI is InChI=1S/C28H42N6O13/c1-32(2)5-3-4-29-25(44)15-7-14(9-34(15)28-24(43)22(41)20(39)18(11-36)47-28)31-26(45)16-6-13(30-12-37)8-33(16)27-23(42)21(40)19(38)17(10-35)46-27/h6-9,12,17-24,27-28,35-36,38-43H,3-5,10-11H2,1-2H3,(H,29,44)(H,30,37)(H,31,45)/t17-,18-,19-,20-,21-,22-,23-,24-,27+,28+/m1/s1. The van der Waals surface area contributed by atoms with Crippen molar-refractivity contribution in [1.29, 1.82) is 0 Å². The number of hydrogen-bond donors (Lipinski definition) is 11. The first-order valence-electron chi connectivity index (χ1n) is 14.8. The highest BCUT2D eigenvalue weighted by molar-refractivity contribution is 6.05. The quantitative estimate of drug-likeness (QED) is 0.0711. The molecule has 2 aromatic rings. The molecule has 0 radical (unpaired) electrons. The minimum absolute atomic E-state index is 0.0168. The SMILES string of the molecule is CN(C)CCCNC(=O)c1cc(NC(=O)c2cc(NC=O)cn2[C@H]2O[C@H](CO)[C@@H](O)[C@@H](O)[C@H]2O)cn1[C@H]1O[C@H](CO)[C@@H](O)[C@@H](O)[C@H]1O. The van der Waals surface area contributed by atoms with Crippen LogP contribution in [0.5, 0.6) is 0 Å². The van der Waals surface area contributed by atoms with Gasteiger partial charge in [0.15, 0.2) is 12.5 Å². The van der Waals surface area contributed by atoms with E-state index < -0.39 is 86.3 Å². The molecule has 4 heterocycles. The smallest absolute Gasteiger partial charge is 0.272 e. The highest BCUT2D eigenvalue weighted by Gasteiger charge is 2.46. The Bertz CT molecular complexity index is 1380. The second-order valence-corrected chi connectivity index (χ2v) is 11.6. The third-order valence-corrected chi connectivity index (χ3v) is 8.00. The van der Waals surface area contributed by atoms with Gasteiger partial charge in [0.2, 0.25) is 6.41 Å². The molecule has 19 nitrogen and oxygen atoms in total. The Labute approximate surface area is 268 Å². The van der Waals surface area contributed by atoms with Crippen LogP contribution >= 0.6 is 0 Å². The van der Waals surface area contributed by atoms with Crippen molar-refractivity contribution in [3.63, 3.8) is 0 Å². The predicted molar refractivity (Wildman–Crippen MR) is 160 cm³/mol. The van der Waals surface area contributed by atoms with Crippen molar-refractivity contribution in [1.82, 2.24) is 19.4 Å². The molecule has 0 unspecified atom stereocenters. The highest BCUT2D eigenvalue weighted by atomic mass is 16.6. The van der Waals surface area contributed by atoms with Crippen LogP contribution in [0.4, 0.5) is 11.4 Å². The van der Waals surface area contributed by atoms with E-state index in [0.717, 1.165) is 9.13 Å². The Morgan fingerprint density at radius 1 is 0.787 bits per heavy atom. The Kier molecular flexibility index (Phi) is 12.1. The van der Waals surface area contributed by atoms with Gasteiger partial charge in [0, 0.05) is 18.9 Å². The molecule has 262 valence electrons. The number of rotatable bonds is 13. The summed E-state index contributed by atoms with van der Waals surface area (Å²) in [6, 6.07) is 2.48. The van der Waals surface area contributed by atoms with Gasteiger partial charge in [-0.15, -0.1) is 0 Å². The maximum atomic E-state index is 13.7. The lowest BCUT2D eigenvalue weighted by Crippen LogP contribution is -2.56. The number of nitrogens with one attached hydrogen (secondary N) is 3. The van der Waals surface area contributed by atoms with Crippen molar-refractivity contribution in [2.75, 3.05) is 51.0 Å². The van der Waals surface area contributed by atoms with Crippen LogP contribution in [0.25, 0.3) is 0 Å². The number of aliphatic hydroxyl groups excluding tert-OH is 8. The van der Waals surface area contributed by atoms with E-state index in [1.165, 1.54) is 24.5 Å². The monoisotopic (exact) mass is 670 g/mol. The van der Waals surface area contributed by atoms with E-state index in [9.17, 15) is 55.2 Å². The lowest BCUT2D eigenvalue weighted by atomic mass is 9.98. The number of hydrogen-bond acceptors (Lipinski definition) is 14. The van der Waals surface area contributed by atoms with Gasteiger partial charge >= 0.3 is 0 Å². The number of anilines is 2. The predicted octanol–water partition coefficient (Wildman–Crippen LogP) is -4.26. The van der Waals surface area contributed by atoms with E-state index in [-0.39, 0.29) is 29.3 Å². The molecule has 0 bridgehead atoms. The first kappa shape index (κ1) is 36.4. The Morgan fingerprint density at radius 2 is 1.28 bits per heavy atom. The van der Waals surface area contributed by atoms with Gasteiger partial charge in [-0.25, -0.2) is 0 Å². The van der Waals surface area contributed by atoms with E-state index in [4.69, 9.17) is 9.47 Å². The Hall–Kier alpha value is -3.47. The molecule has 2 aliphatic heterocycles.